The zero-order valence-corrected chi connectivity index (χ0v) is 14.5. The van der Waals surface area contributed by atoms with Crippen molar-refractivity contribution in [1.82, 2.24) is 0 Å². The van der Waals surface area contributed by atoms with Crippen molar-refractivity contribution in [2.75, 3.05) is 10.6 Å². The second-order valence-corrected chi connectivity index (χ2v) is 6.17. The summed E-state index contributed by atoms with van der Waals surface area (Å²) in [6.45, 7) is 12.8. The molecule has 22 heavy (non-hydrogen) atoms. The van der Waals surface area contributed by atoms with Crippen LogP contribution in [0, 0.1) is 41.5 Å². The maximum absolute atomic E-state index is 3.39. The average molecular weight is 294 g/mol. The third-order valence-corrected chi connectivity index (χ3v) is 3.89. The predicted octanol–water partition coefficient (Wildman–Crippen LogP) is 5.53. The molecule has 0 fully saturated rings. The van der Waals surface area contributed by atoms with Crippen LogP contribution in [0.25, 0.3) is 0 Å². The van der Waals surface area contributed by atoms with Crippen molar-refractivity contribution < 1.29 is 0 Å². The Kier molecular flexibility index (Phi) is 4.92. The van der Waals surface area contributed by atoms with Crippen LogP contribution in [0.4, 0.5) is 11.4 Å². The molecule has 2 aromatic carbocycles. The maximum Gasteiger partial charge on any atom is 0.0439 e. The van der Waals surface area contributed by atoms with E-state index in [-0.39, 0.29) is 0 Å². The Balaban J connectivity index is 2.09. The van der Waals surface area contributed by atoms with Crippen LogP contribution in [0.15, 0.2) is 36.7 Å². The molecule has 0 atom stereocenters. The van der Waals surface area contributed by atoms with E-state index in [9.17, 15) is 0 Å². The number of hydrogen-bond acceptors (Lipinski definition) is 2. The first kappa shape index (κ1) is 16.2. The highest BCUT2D eigenvalue weighted by atomic mass is 14.9. The molecular formula is C20H26N2. The molecule has 0 saturated carbocycles. The Bertz CT molecular complexity index is 604. The lowest BCUT2D eigenvalue weighted by Gasteiger charge is -2.12. The molecule has 0 bridgehead atoms. The van der Waals surface area contributed by atoms with Crippen LogP contribution < -0.4 is 10.6 Å². The van der Waals surface area contributed by atoms with E-state index in [1.165, 1.54) is 44.8 Å². The van der Waals surface area contributed by atoms with Crippen LogP contribution in [-0.2, 0) is 0 Å². The number of anilines is 2. The van der Waals surface area contributed by atoms with Crippen molar-refractivity contribution in [3.05, 3.63) is 70.0 Å². The molecular weight excluding hydrogens is 268 g/mol. The van der Waals surface area contributed by atoms with Gasteiger partial charge in [0, 0.05) is 23.8 Å². The van der Waals surface area contributed by atoms with Crippen molar-refractivity contribution in [2.24, 2.45) is 0 Å². The molecule has 0 heterocycles. The molecule has 0 aliphatic carbocycles. The predicted molar refractivity (Wildman–Crippen MR) is 97.7 cm³/mol. The fourth-order valence-electron chi connectivity index (χ4n) is 3.07. The minimum absolute atomic E-state index is 1.18. The Morgan fingerprint density at radius 1 is 0.545 bits per heavy atom. The SMILES string of the molecule is Cc1cc(C)c(N/C=C/Nc2c(C)cc(C)cc2C)c(C)c1. The molecule has 2 nitrogen and oxygen atoms in total. The molecule has 0 saturated heterocycles. The fraction of sp³-hybridized carbons (Fsp3) is 0.300. The zero-order chi connectivity index (χ0) is 16.3. The van der Waals surface area contributed by atoms with Crippen LogP contribution >= 0.6 is 0 Å². The van der Waals surface area contributed by atoms with E-state index in [1.54, 1.807) is 0 Å². The highest BCUT2D eigenvalue weighted by Gasteiger charge is 2.03. The largest absolute Gasteiger partial charge is 0.360 e. The summed E-state index contributed by atoms with van der Waals surface area (Å²) in [5.74, 6) is 0. The second-order valence-electron chi connectivity index (χ2n) is 6.17. The Labute approximate surface area is 134 Å². The van der Waals surface area contributed by atoms with Crippen LogP contribution in [0.3, 0.4) is 0 Å². The minimum Gasteiger partial charge on any atom is -0.360 e. The quantitative estimate of drug-likeness (QED) is 0.774. The minimum atomic E-state index is 1.18. The molecule has 0 radical (unpaired) electrons. The third-order valence-electron chi connectivity index (χ3n) is 3.89. The van der Waals surface area contributed by atoms with Gasteiger partial charge in [-0.1, -0.05) is 35.4 Å². The van der Waals surface area contributed by atoms with Gasteiger partial charge < -0.3 is 10.6 Å². The van der Waals surface area contributed by atoms with Gasteiger partial charge in [0.2, 0.25) is 0 Å². The summed E-state index contributed by atoms with van der Waals surface area (Å²) in [6.07, 6.45) is 3.92. The second kappa shape index (κ2) is 6.69. The van der Waals surface area contributed by atoms with E-state index in [4.69, 9.17) is 0 Å². The normalized spacial score (nSPS) is 11.0. The number of hydrogen-bond donors (Lipinski definition) is 2. The summed E-state index contributed by atoms with van der Waals surface area (Å²) in [5.41, 5.74) is 10.0. The molecule has 116 valence electrons. The lowest BCUT2D eigenvalue weighted by atomic mass is 10.1. The van der Waals surface area contributed by atoms with Crippen LogP contribution in [0.2, 0.25) is 0 Å². The van der Waals surface area contributed by atoms with Crippen molar-refractivity contribution in [3.8, 4) is 0 Å². The lowest BCUT2D eigenvalue weighted by Crippen LogP contribution is -1.99. The van der Waals surface area contributed by atoms with E-state index >= 15 is 0 Å². The van der Waals surface area contributed by atoms with Gasteiger partial charge in [0.1, 0.15) is 0 Å². The number of rotatable bonds is 4. The molecule has 2 rings (SSSR count). The molecule has 0 spiro atoms. The molecule has 0 unspecified atom stereocenters. The van der Waals surface area contributed by atoms with Crippen LogP contribution in [0.1, 0.15) is 33.4 Å². The van der Waals surface area contributed by atoms with Gasteiger partial charge >= 0.3 is 0 Å². The Hall–Kier alpha value is -2.22. The summed E-state index contributed by atoms with van der Waals surface area (Å²) < 4.78 is 0. The van der Waals surface area contributed by atoms with Gasteiger partial charge in [-0.2, -0.15) is 0 Å². The fourth-order valence-corrected chi connectivity index (χ4v) is 3.07. The van der Waals surface area contributed by atoms with Crippen molar-refractivity contribution in [3.63, 3.8) is 0 Å². The summed E-state index contributed by atoms with van der Waals surface area (Å²) in [4.78, 5) is 0. The standard InChI is InChI=1S/C20H26N2/c1-13-9-15(3)19(16(4)10-13)21-7-8-22-20-17(5)11-14(2)12-18(20)6/h7-12,21-22H,1-6H3/b8-7+. The van der Waals surface area contributed by atoms with Crippen molar-refractivity contribution in [1.29, 1.82) is 0 Å². The lowest BCUT2D eigenvalue weighted by molar-refractivity contribution is 1.30. The molecule has 0 amide bonds. The first-order chi connectivity index (χ1) is 10.4. The number of nitrogens with one attached hydrogen (secondary N) is 2. The topological polar surface area (TPSA) is 24.1 Å². The number of aryl methyl sites for hydroxylation is 6. The molecule has 0 aliphatic rings. The smallest absolute Gasteiger partial charge is 0.0439 e. The monoisotopic (exact) mass is 294 g/mol. The van der Waals surface area contributed by atoms with Gasteiger partial charge in [-0.05, 0) is 63.8 Å². The van der Waals surface area contributed by atoms with E-state index in [0.717, 1.165) is 0 Å². The van der Waals surface area contributed by atoms with Crippen molar-refractivity contribution >= 4 is 11.4 Å². The van der Waals surface area contributed by atoms with E-state index in [1.807, 2.05) is 12.4 Å². The van der Waals surface area contributed by atoms with E-state index in [0.29, 0.717) is 0 Å². The van der Waals surface area contributed by atoms with Gasteiger partial charge in [0.15, 0.2) is 0 Å². The van der Waals surface area contributed by atoms with E-state index in [2.05, 4.69) is 76.4 Å². The summed E-state index contributed by atoms with van der Waals surface area (Å²) in [7, 11) is 0. The summed E-state index contributed by atoms with van der Waals surface area (Å²) in [5, 5.41) is 6.77. The van der Waals surface area contributed by atoms with Gasteiger partial charge in [0.05, 0.1) is 0 Å². The highest BCUT2D eigenvalue weighted by molar-refractivity contribution is 5.62. The summed E-state index contributed by atoms with van der Waals surface area (Å²) >= 11 is 0. The van der Waals surface area contributed by atoms with Gasteiger partial charge in [0.25, 0.3) is 0 Å². The summed E-state index contributed by atoms with van der Waals surface area (Å²) in [6, 6.07) is 8.80. The Morgan fingerprint density at radius 2 is 0.818 bits per heavy atom. The molecule has 0 aromatic heterocycles. The molecule has 2 aromatic rings. The molecule has 2 heteroatoms. The van der Waals surface area contributed by atoms with E-state index < -0.39 is 0 Å². The maximum atomic E-state index is 3.39. The third kappa shape index (κ3) is 3.70. The number of benzene rings is 2. The Morgan fingerprint density at radius 3 is 1.09 bits per heavy atom. The van der Waals surface area contributed by atoms with Crippen molar-refractivity contribution in [2.45, 2.75) is 41.5 Å². The zero-order valence-electron chi connectivity index (χ0n) is 14.5. The molecule has 0 aliphatic heterocycles. The molecule has 2 N–H and O–H groups in total. The first-order valence-corrected chi connectivity index (χ1v) is 7.72. The van der Waals surface area contributed by atoms with Gasteiger partial charge in [-0.15, -0.1) is 0 Å². The van der Waals surface area contributed by atoms with Gasteiger partial charge in [-0.25, -0.2) is 0 Å². The van der Waals surface area contributed by atoms with Crippen LogP contribution in [-0.4, -0.2) is 0 Å². The first-order valence-electron chi connectivity index (χ1n) is 7.72. The average Bonchev–Trinajstić information content (AvgIpc) is 2.38. The van der Waals surface area contributed by atoms with Crippen LogP contribution in [0.5, 0.6) is 0 Å². The van der Waals surface area contributed by atoms with Gasteiger partial charge in [-0.3, -0.25) is 0 Å². The highest BCUT2D eigenvalue weighted by Crippen LogP contribution is 2.23.